The maximum absolute atomic E-state index is 11.5. The number of carboxylic acid groups (broad SMARTS) is 1. The van der Waals surface area contributed by atoms with Crippen LogP contribution in [0.1, 0.15) is 25.3 Å². The summed E-state index contributed by atoms with van der Waals surface area (Å²) in [7, 11) is 0. The molecular formula is C12H17NO3S. The third kappa shape index (κ3) is 5.49. The minimum absolute atomic E-state index is 0.00798. The van der Waals surface area contributed by atoms with E-state index < -0.39 is 5.97 Å². The van der Waals surface area contributed by atoms with Crippen molar-refractivity contribution in [3.63, 3.8) is 0 Å². The molecule has 0 spiro atoms. The molecule has 1 aromatic heterocycles. The fourth-order valence-electron chi connectivity index (χ4n) is 1.40. The van der Waals surface area contributed by atoms with E-state index in [4.69, 9.17) is 5.11 Å². The van der Waals surface area contributed by atoms with Crippen molar-refractivity contribution in [3.05, 3.63) is 22.4 Å². The number of rotatable bonds is 7. The third-order valence-electron chi connectivity index (χ3n) is 2.50. The van der Waals surface area contributed by atoms with Gasteiger partial charge in [0, 0.05) is 6.54 Å². The molecule has 1 aromatic rings. The smallest absolute Gasteiger partial charge is 0.306 e. The van der Waals surface area contributed by atoms with Crippen LogP contribution in [-0.4, -0.2) is 23.5 Å². The molecule has 0 aliphatic carbocycles. The summed E-state index contributed by atoms with van der Waals surface area (Å²) in [5, 5.41) is 15.4. The van der Waals surface area contributed by atoms with Gasteiger partial charge >= 0.3 is 5.97 Å². The molecule has 17 heavy (non-hydrogen) atoms. The SMILES string of the molecule is CC(CCCNC(=O)Cc1ccsc1)C(=O)O. The Kier molecular flexibility index (Phi) is 5.69. The van der Waals surface area contributed by atoms with Crippen molar-refractivity contribution in [2.24, 2.45) is 5.92 Å². The molecule has 94 valence electrons. The highest BCUT2D eigenvalue weighted by Crippen LogP contribution is 2.07. The zero-order valence-electron chi connectivity index (χ0n) is 9.81. The zero-order chi connectivity index (χ0) is 12.7. The number of nitrogens with one attached hydrogen (secondary N) is 1. The summed E-state index contributed by atoms with van der Waals surface area (Å²) in [5.74, 6) is -1.13. The third-order valence-corrected chi connectivity index (χ3v) is 3.23. The largest absolute Gasteiger partial charge is 0.481 e. The number of carboxylic acids is 1. The van der Waals surface area contributed by atoms with Crippen LogP contribution in [0, 0.1) is 5.92 Å². The number of amides is 1. The van der Waals surface area contributed by atoms with Gasteiger partial charge in [0.25, 0.3) is 0 Å². The van der Waals surface area contributed by atoms with Crippen molar-refractivity contribution in [3.8, 4) is 0 Å². The highest BCUT2D eigenvalue weighted by Gasteiger charge is 2.10. The Morgan fingerprint density at radius 2 is 2.29 bits per heavy atom. The molecule has 1 heterocycles. The molecule has 1 atom stereocenters. The minimum atomic E-state index is -0.783. The van der Waals surface area contributed by atoms with E-state index in [1.807, 2.05) is 16.8 Å². The number of hydrogen-bond donors (Lipinski definition) is 2. The quantitative estimate of drug-likeness (QED) is 0.731. The van der Waals surface area contributed by atoms with Gasteiger partial charge in [-0.05, 0) is 35.2 Å². The first-order chi connectivity index (χ1) is 8.09. The first-order valence-corrected chi connectivity index (χ1v) is 6.54. The number of carbonyl (C=O) groups excluding carboxylic acids is 1. The van der Waals surface area contributed by atoms with E-state index in [2.05, 4.69) is 5.32 Å². The highest BCUT2D eigenvalue weighted by atomic mass is 32.1. The monoisotopic (exact) mass is 255 g/mol. The van der Waals surface area contributed by atoms with Gasteiger partial charge in [-0.15, -0.1) is 0 Å². The Hall–Kier alpha value is -1.36. The molecule has 4 nitrogen and oxygen atoms in total. The van der Waals surface area contributed by atoms with E-state index in [9.17, 15) is 9.59 Å². The van der Waals surface area contributed by atoms with Crippen LogP contribution in [0.4, 0.5) is 0 Å². The normalized spacial score (nSPS) is 12.1. The van der Waals surface area contributed by atoms with Crippen LogP contribution in [0.2, 0.25) is 0 Å². The number of thiophene rings is 1. The average molecular weight is 255 g/mol. The van der Waals surface area contributed by atoms with E-state index in [0.717, 1.165) is 5.56 Å². The molecule has 0 bridgehead atoms. The maximum atomic E-state index is 11.5. The van der Waals surface area contributed by atoms with Crippen LogP contribution < -0.4 is 5.32 Å². The Morgan fingerprint density at radius 3 is 2.88 bits per heavy atom. The molecule has 0 fully saturated rings. The fraction of sp³-hybridized carbons (Fsp3) is 0.500. The predicted molar refractivity (Wildman–Crippen MR) is 67.1 cm³/mol. The predicted octanol–water partition coefficient (Wildman–Crippen LogP) is 1.91. The molecule has 1 amide bonds. The fourth-order valence-corrected chi connectivity index (χ4v) is 2.07. The topological polar surface area (TPSA) is 66.4 Å². The maximum Gasteiger partial charge on any atom is 0.306 e. The summed E-state index contributed by atoms with van der Waals surface area (Å²) in [6, 6.07) is 1.93. The minimum Gasteiger partial charge on any atom is -0.481 e. The molecule has 0 aliphatic rings. The second kappa shape index (κ2) is 7.06. The lowest BCUT2D eigenvalue weighted by atomic mass is 10.1. The van der Waals surface area contributed by atoms with Gasteiger partial charge in [0.15, 0.2) is 0 Å². The second-order valence-corrected chi connectivity index (χ2v) is 4.82. The van der Waals surface area contributed by atoms with Crippen LogP contribution >= 0.6 is 11.3 Å². The summed E-state index contributed by atoms with van der Waals surface area (Å²) in [5.41, 5.74) is 1.02. The van der Waals surface area contributed by atoms with E-state index in [-0.39, 0.29) is 11.8 Å². The summed E-state index contributed by atoms with van der Waals surface area (Å²) in [6.07, 6.45) is 1.69. The van der Waals surface area contributed by atoms with Crippen molar-refractivity contribution < 1.29 is 14.7 Å². The van der Waals surface area contributed by atoms with Gasteiger partial charge in [-0.25, -0.2) is 0 Å². The summed E-state index contributed by atoms with van der Waals surface area (Å²) in [6.45, 7) is 2.22. The van der Waals surface area contributed by atoms with Gasteiger partial charge < -0.3 is 10.4 Å². The first kappa shape index (κ1) is 13.7. The lowest BCUT2D eigenvalue weighted by Gasteiger charge is -2.07. The highest BCUT2D eigenvalue weighted by molar-refractivity contribution is 7.07. The molecule has 0 aromatic carbocycles. The molecule has 0 saturated heterocycles. The second-order valence-electron chi connectivity index (χ2n) is 4.04. The van der Waals surface area contributed by atoms with Gasteiger partial charge in [-0.2, -0.15) is 11.3 Å². The molecule has 5 heteroatoms. The lowest BCUT2D eigenvalue weighted by Crippen LogP contribution is -2.26. The van der Waals surface area contributed by atoms with Crippen LogP contribution in [0.5, 0.6) is 0 Å². The van der Waals surface area contributed by atoms with E-state index >= 15 is 0 Å². The van der Waals surface area contributed by atoms with Crippen molar-refractivity contribution in [1.82, 2.24) is 5.32 Å². The van der Waals surface area contributed by atoms with Gasteiger partial charge in [-0.1, -0.05) is 6.92 Å². The van der Waals surface area contributed by atoms with Crippen molar-refractivity contribution in [1.29, 1.82) is 0 Å². The molecule has 2 N–H and O–H groups in total. The molecule has 1 rings (SSSR count). The van der Waals surface area contributed by atoms with E-state index in [1.54, 1.807) is 18.3 Å². The number of carbonyl (C=O) groups is 2. The first-order valence-electron chi connectivity index (χ1n) is 5.60. The van der Waals surface area contributed by atoms with E-state index in [0.29, 0.717) is 25.8 Å². The van der Waals surface area contributed by atoms with Gasteiger partial charge in [0.2, 0.25) is 5.91 Å². The molecular weight excluding hydrogens is 238 g/mol. The Morgan fingerprint density at radius 1 is 1.53 bits per heavy atom. The summed E-state index contributed by atoms with van der Waals surface area (Å²) >= 11 is 1.57. The zero-order valence-corrected chi connectivity index (χ0v) is 10.6. The number of hydrogen-bond acceptors (Lipinski definition) is 3. The van der Waals surface area contributed by atoms with Crippen molar-refractivity contribution in [2.45, 2.75) is 26.2 Å². The van der Waals surface area contributed by atoms with Gasteiger partial charge in [0.1, 0.15) is 0 Å². The number of aliphatic carboxylic acids is 1. The Balaban J connectivity index is 2.10. The molecule has 0 saturated carbocycles. The summed E-state index contributed by atoms with van der Waals surface area (Å²) in [4.78, 5) is 22.0. The van der Waals surface area contributed by atoms with Crippen molar-refractivity contribution in [2.75, 3.05) is 6.54 Å². The van der Waals surface area contributed by atoms with Gasteiger partial charge in [-0.3, -0.25) is 9.59 Å². The van der Waals surface area contributed by atoms with Crippen LogP contribution in [0.25, 0.3) is 0 Å². The Labute approximate surface area is 105 Å². The lowest BCUT2D eigenvalue weighted by molar-refractivity contribution is -0.141. The molecule has 1 unspecified atom stereocenters. The summed E-state index contributed by atoms with van der Waals surface area (Å²) < 4.78 is 0. The van der Waals surface area contributed by atoms with Crippen molar-refractivity contribution >= 4 is 23.2 Å². The molecule has 0 radical (unpaired) electrons. The van der Waals surface area contributed by atoms with Crippen LogP contribution in [-0.2, 0) is 16.0 Å². The molecule has 0 aliphatic heterocycles. The van der Waals surface area contributed by atoms with E-state index in [1.165, 1.54) is 0 Å². The average Bonchev–Trinajstić information content (AvgIpc) is 2.76. The van der Waals surface area contributed by atoms with Crippen LogP contribution in [0.15, 0.2) is 16.8 Å². The standard InChI is InChI=1S/C12H17NO3S/c1-9(12(15)16)3-2-5-13-11(14)7-10-4-6-17-8-10/h4,6,8-9H,2-3,5,7H2,1H3,(H,13,14)(H,15,16). The Bertz CT molecular complexity index is 362. The van der Waals surface area contributed by atoms with Gasteiger partial charge in [0.05, 0.1) is 12.3 Å². The van der Waals surface area contributed by atoms with Crippen LogP contribution in [0.3, 0.4) is 0 Å².